The van der Waals surface area contributed by atoms with Gasteiger partial charge in [-0.05, 0) is 30.7 Å². The van der Waals surface area contributed by atoms with Crippen molar-refractivity contribution in [1.29, 1.82) is 0 Å². The Bertz CT molecular complexity index is 1150. The summed E-state index contributed by atoms with van der Waals surface area (Å²) in [7, 11) is 4.83. The summed E-state index contributed by atoms with van der Waals surface area (Å²) >= 11 is 6.20. The Labute approximate surface area is 200 Å². The van der Waals surface area contributed by atoms with Crippen LogP contribution in [0, 0.1) is 0 Å². The molecule has 180 valence electrons. The van der Waals surface area contributed by atoms with Crippen molar-refractivity contribution in [2.45, 2.75) is 18.9 Å². The van der Waals surface area contributed by atoms with E-state index in [1.807, 2.05) is 0 Å². The topological polar surface area (TPSA) is 146 Å². The van der Waals surface area contributed by atoms with Crippen molar-refractivity contribution in [1.82, 2.24) is 5.32 Å². The van der Waals surface area contributed by atoms with E-state index >= 15 is 0 Å². The summed E-state index contributed by atoms with van der Waals surface area (Å²) in [5, 5.41) is 17.1. The van der Waals surface area contributed by atoms with Crippen LogP contribution in [0.5, 0.6) is 11.5 Å². The monoisotopic (exact) mass is 490 g/mol. The summed E-state index contributed by atoms with van der Waals surface area (Å²) in [6.45, 7) is 0. The first-order valence-corrected chi connectivity index (χ1v) is 10.5. The van der Waals surface area contributed by atoms with E-state index in [2.05, 4.69) is 20.7 Å². The molecule has 34 heavy (non-hydrogen) atoms. The highest BCUT2D eigenvalue weighted by atomic mass is 35.5. The Balaban J connectivity index is 1.97. The van der Waals surface area contributed by atoms with Gasteiger partial charge in [0.1, 0.15) is 11.8 Å². The van der Waals surface area contributed by atoms with Crippen molar-refractivity contribution in [2.75, 3.05) is 36.7 Å². The number of halogens is 1. The molecule has 1 atom stereocenters. The minimum Gasteiger partial charge on any atom is -0.469 e. The number of anilines is 3. The van der Waals surface area contributed by atoms with Crippen LogP contribution in [0.25, 0.3) is 0 Å². The molecule has 0 bridgehead atoms. The van der Waals surface area contributed by atoms with E-state index in [0.717, 1.165) is 0 Å². The quantitative estimate of drug-likeness (QED) is 0.432. The van der Waals surface area contributed by atoms with Crippen LogP contribution in [-0.4, -0.2) is 56.2 Å². The first-order valence-electron chi connectivity index (χ1n) is 10.1. The fourth-order valence-corrected chi connectivity index (χ4v) is 3.57. The largest absolute Gasteiger partial charge is 0.469 e. The number of fused-ring (bicyclic) bond motifs is 1. The second kappa shape index (κ2) is 10.3. The lowest BCUT2D eigenvalue weighted by molar-refractivity contribution is -0.140. The van der Waals surface area contributed by atoms with Crippen LogP contribution in [0.15, 0.2) is 30.3 Å². The molecule has 12 heteroatoms. The molecule has 2 aromatic carbocycles. The predicted octanol–water partition coefficient (Wildman–Crippen LogP) is 3.29. The molecule has 11 nitrogen and oxygen atoms in total. The molecule has 0 saturated carbocycles. The van der Waals surface area contributed by atoms with Gasteiger partial charge in [0, 0.05) is 26.6 Å². The Morgan fingerprint density at radius 1 is 1.21 bits per heavy atom. The average molecular weight is 491 g/mol. The molecule has 4 N–H and O–H groups in total. The molecule has 1 heterocycles. The van der Waals surface area contributed by atoms with Crippen LogP contribution in [-0.2, 0) is 14.3 Å². The van der Waals surface area contributed by atoms with Crippen LogP contribution in [0.3, 0.4) is 0 Å². The van der Waals surface area contributed by atoms with Gasteiger partial charge in [0.2, 0.25) is 5.91 Å². The summed E-state index contributed by atoms with van der Waals surface area (Å²) < 4.78 is 10.5. The molecular formula is C22H23ClN4O7. The standard InChI is InChI=1S/C22H23ClN4O7/c1-27(2)17-8-11(4-5-13(17)23)34-18-9-12-15(10-16(18)26-22(31)32)25-21(30)14(24-20(12)29)6-7-19(28)33-3/h4-5,8-10,14,26H,6-7H2,1-3H3,(H,24,29)(H,25,30)(H,31,32)/t14-/m1/s1. The van der Waals surface area contributed by atoms with Crippen molar-refractivity contribution in [3.05, 3.63) is 40.9 Å². The lowest BCUT2D eigenvalue weighted by atomic mass is 10.1. The van der Waals surface area contributed by atoms with E-state index in [1.54, 1.807) is 37.2 Å². The molecule has 3 rings (SSSR count). The maximum Gasteiger partial charge on any atom is 0.409 e. The number of rotatable bonds is 7. The third kappa shape index (κ3) is 5.67. The van der Waals surface area contributed by atoms with Gasteiger partial charge < -0.3 is 30.1 Å². The Morgan fingerprint density at radius 2 is 1.94 bits per heavy atom. The predicted molar refractivity (Wildman–Crippen MR) is 125 cm³/mol. The highest BCUT2D eigenvalue weighted by molar-refractivity contribution is 6.33. The van der Waals surface area contributed by atoms with E-state index in [1.165, 1.54) is 19.2 Å². The second-order valence-corrected chi connectivity index (χ2v) is 7.97. The fraction of sp³-hybridized carbons (Fsp3) is 0.273. The number of methoxy groups -OCH3 is 1. The zero-order chi connectivity index (χ0) is 25.0. The molecule has 0 saturated heterocycles. The van der Waals surface area contributed by atoms with Crippen LogP contribution in [0.1, 0.15) is 23.2 Å². The van der Waals surface area contributed by atoms with Crippen molar-refractivity contribution in [3.63, 3.8) is 0 Å². The molecule has 0 aromatic heterocycles. The number of carbonyl (C=O) groups is 4. The van der Waals surface area contributed by atoms with Crippen molar-refractivity contribution >= 4 is 52.5 Å². The first-order chi connectivity index (χ1) is 16.1. The minimum atomic E-state index is -1.37. The van der Waals surface area contributed by atoms with E-state index in [9.17, 15) is 24.3 Å². The Kier molecular flexibility index (Phi) is 7.47. The number of hydrogen-bond donors (Lipinski definition) is 4. The van der Waals surface area contributed by atoms with E-state index in [-0.39, 0.29) is 35.5 Å². The summed E-state index contributed by atoms with van der Waals surface area (Å²) in [5.74, 6) is -1.30. The summed E-state index contributed by atoms with van der Waals surface area (Å²) in [6, 6.07) is 6.50. The van der Waals surface area contributed by atoms with Gasteiger partial charge in [-0.1, -0.05) is 11.6 Å². The fourth-order valence-electron chi connectivity index (χ4n) is 3.28. The van der Waals surface area contributed by atoms with Crippen LogP contribution >= 0.6 is 11.6 Å². The van der Waals surface area contributed by atoms with E-state index < -0.39 is 29.9 Å². The number of amides is 3. The zero-order valence-electron chi connectivity index (χ0n) is 18.6. The van der Waals surface area contributed by atoms with Gasteiger partial charge in [-0.2, -0.15) is 0 Å². The first kappa shape index (κ1) is 24.6. The summed E-state index contributed by atoms with van der Waals surface area (Å²) in [6.07, 6.45) is -1.41. The van der Waals surface area contributed by atoms with Crippen molar-refractivity contribution in [2.24, 2.45) is 0 Å². The number of nitrogens with zero attached hydrogens (tertiary/aromatic N) is 1. The van der Waals surface area contributed by atoms with Gasteiger partial charge in [0.25, 0.3) is 5.91 Å². The van der Waals surface area contributed by atoms with Crippen LogP contribution in [0.4, 0.5) is 21.9 Å². The van der Waals surface area contributed by atoms with Crippen molar-refractivity contribution < 1.29 is 33.8 Å². The molecule has 0 aliphatic carbocycles. The molecule has 3 amide bonds. The molecule has 1 aliphatic heterocycles. The van der Waals surface area contributed by atoms with Gasteiger partial charge in [0.05, 0.1) is 34.8 Å². The van der Waals surface area contributed by atoms with Crippen LogP contribution < -0.4 is 25.6 Å². The SMILES string of the molecule is COC(=O)CC[C@H]1NC(=O)c2cc(Oc3ccc(Cl)c(N(C)C)c3)c(NC(=O)O)cc2NC1=O. The highest BCUT2D eigenvalue weighted by Gasteiger charge is 2.30. The normalized spacial score (nSPS) is 14.8. The van der Waals surface area contributed by atoms with Gasteiger partial charge in [-0.3, -0.25) is 19.7 Å². The number of ether oxygens (including phenoxy) is 2. The zero-order valence-corrected chi connectivity index (χ0v) is 19.4. The number of carboxylic acid groups (broad SMARTS) is 1. The van der Waals surface area contributed by atoms with Gasteiger partial charge in [-0.25, -0.2) is 4.79 Å². The highest BCUT2D eigenvalue weighted by Crippen LogP contribution is 2.38. The molecule has 0 fully saturated rings. The van der Waals surface area contributed by atoms with Gasteiger partial charge >= 0.3 is 12.1 Å². The lowest BCUT2D eigenvalue weighted by Crippen LogP contribution is -2.41. The number of esters is 1. The third-order valence-electron chi connectivity index (χ3n) is 4.98. The molecule has 0 unspecified atom stereocenters. The number of hydrogen-bond acceptors (Lipinski definition) is 7. The number of nitrogens with one attached hydrogen (secondary N) is 3. The minimum absolute atomic E-state index is 0.00807. The molecule has 0 spiro atoms. The number of benzene rings is 2. The van der Waals surface area contributed by atoms with E-state index in [4.69, 9.17) is 16.3 Å². The van der Waals surface area contributed by atoms with Crippen LogP contribution in [0.2, 0.25) is 5.02 Å². The number of carbonyl (C=O) groups excluding carboxylic acids is 3. The average Bonchev–Trinajstić information content (AvgIpc) is 2.88. The maximum absolute atomic E-state index is 12.9. The second-order valence-electron chi connectivity index (χ2n) is 7.56. The maximum atomic E-state index is 12.9. The third-order valence-corrected chi connectivity index (χ3v) is 5.30. The Morgan fingerprint density at radius 3 is 2.59 bits per heavy atom. The van der Waals surface area contributed by atoms with E-state index in [0.29, 0.717) is 16.5 Å². The molecule has 0 radical (unpaired) electrons. The summed E-state index contributed by atoms with van der Waals surface area (Å²) in [4.78, 5) is 50.0. The van der Waals surface area contributed by atoms with Gasteiger partial charge in [-0.15, -0.1) is 0 Å². The summed E-state index contributed by atoms with van der Waals surface area (Å²) in [5.41, 5.74) is 0.819. The van der Waals surface area contributed by atoms with Crippen molar-refractivity contribution in [3.8, 4) is 11.5 Å². The smallest absolute Gasteiger partial charge is 0.409 e. The molecular weight excluding hydrogens is 468 g/mol. The lowest BCUT2D eigenvalue weighted by Gasteiger charge is -2.18. The molecule has 1 aliphatic rings. The van der Waals surface area contributed by atoms with Gasteiger partial charge in [0.15, 0.2) is 5.75 Å². The molecule has 2 aromatic rings. The Hall–Kier alpha value is -3.99.